The summed E-state index contributed by atoms with van der Waals surface area (Å²) in [6.45, 7) is 9.28. The Morgan fingerprint density at radius 1 is 0.914 bits per heavy atom. The molecule has 0 radical (unpaired) electrons. The number of hydrogen-bond donors (Lipinski definition) is 0. The van der Waals surface area contributed by atoms with Gasteiger partial charge in [0.15, 0.2) is 5.65 Å². The molecule has 2 aromatic heterocycles. The van der Waals surface area contributed by atoms with E-state index >= 15 is 0 Å². The van der Waals surface area contributed by atoms with Crippen LogP contribution in [0.2, 0.25) is 0 Å². The first-order chi connectivity index (χ1) is 16.5. The van der Waals surface area contributed by atoms with Crippen LogP contribution in [0.1, 0.15) is 71.6 Å². The van der Waals surface area contributed by atoms with Gasteiger partial charge in [0.1, 0.15) is 0 Å². The molecule has 10 heteroatoms. The molecule has 7 nitrogen and oxygen atoms in total. The number of nitrogens with zero attached hydrogens (tertiary/aromatic N) is 5. The summed E-state index contributed by atoms with van der Waals surface area (Å²) in [5.74, 6) is -0.374. The molecule has 0 unspecified atom stereocenters. The topological polar surface area (TPSA) is 71.3 Å². The molecular formula is C25H28F3N5O2. The molecule has 3 aromatic rings. The third-order valence-electron chi connectivity index (χ3n) is 6.21. The lowest BCUT2D eigenvalue weighted by atomic mass is 10.0. The SMILES string of the molecule is CC(C)c1cc(C(=O)N2CCN(C(=O)c3ccc(C(F)(F)F)cc3)CC2)c2cnn(C(C)C)c2n1. The Morgan fingerprint density at radius 3 is 2.00 bits per heavy atom. The van der Waals surface area contributed by atoms with Crippen molar-refractivity contribution in [2.75, 3.05) is 26.2 Å². The van der Waals surface area contributed by atoms with E-state index in [4.69, 9.17) is 4.98 Å². The van der Waals surface area contributed by atoms with E-state index in [1.807, 2.05) is 33.8 Å². The second-order valence-corrected chi connectivity index (χ2v) is 9.33. The first-order valence-corrected chi connectivity index (χ1v) is 11.6. The number of hydrogen-bond acceptors (Lipinski definition) is 4. The third-order valence-corrected chi connectivity index (χ3v) is 6.21. The highest BCUT2D eigenvalue weighted by atomic mass is 19.4. The molecule has 0 atom stereocenters. The molecule has 1 saturated heterocycles. The van der Waals surface area contributed by atoms with Gasteiger partial charge in [0.05, 0.1) is 22.7 Å². The quantitative estimate of drug-likeness (QED) is 0.532. The molecule has 0 bridgehead atoms. The van der Waals surface area contributed by atoms with Crippen molar-refractivity contribution in [1.82, 2.24) is 24.6 Å². The predicted molar refractivity (Wildman–Crippen MR) is 125 cm³/mol. The molecule has 0 saturated carbocycles. The summed E-state index contributed by atoms with van der Waals surface area (Å²) in [4.78, 5) is 34.3. The fraction of sp³-hybridized carbons (Fsp3) is 0.440. The van der Waals surface area contributed by atoms with E-state index in [1.54, 1.807) is 20.7 Å². The van der Waals surface area contributed by atoms with E-state index in [0.717, 1.165) is 17.8 Å². The van der Waals surface area contributed by atoms with E-state index in [0.29, 0.717) is 42.8 Å². The minimum Gasteiger partial charge on any atom is -0.335 e. The van der Waals surface area contributed by atoms with Gasteiger partial charge in [-0.1, -0.05) is 13.8 Å². The Labute approximate surface area is 201 Å². The second-order valence-electron chi connectivity index (χ2n) is 9.33. The molecule has 1 fully saturated rings. The predicted octanol–water partition coefficient (Wildman–Crippen LogP) is 4.75. The second kappa shape index (κ2) is 9.31. The van der Waals surface area contributed by atoms with Crippen molar-refractivity contribution in [3.63, 3.8) is 0 Å². The van der Waals surface area contributed by atoms with Crippen LogP contribution in [0.3, 0.4) is 0 Å². The number of fused-ring (bicyclic) bond motifs is 1. The average Bonchev–Trinajstić information content (AvgIpc) is 3.26. The van der Waals surface area contributed by atoms with Gasteiger partial charge >= 0.3 is 6.18 Å². The van der Waals surface area contributed by atoms with Gasteiger partial charge < -0.3 is 9.80 Å². The molecule has 1 aliphatic rings. The van der Waals surface area contributed by atoms with Crippen LogP contribution in [-0.2, 0) is 6.18 Å². The van der Waals surface area contributed by atoms with Crippen LogP contribution < -0.4 is 0 Å². The highest BCUT2D eigenvalue weighted by molar-refractivity contribution is 6.05. The number of halogens is 3. The van der Waals surface area contributed by atoms with Crippen LogP contribution in [-0.4, -0.2) is 62.6 Å². The largest absolute Gasteiger partial charge is 0.416 e. The van der Waals surface area contributed by atoms with Crippen LogP contribution in [0.15, 0.2) is 36.5 Å². The minimum absolute atomic E-state index is 0.0881. The lowest BCUT2D eigenvalue weighted by Gasteiger charge is -2.35. The molecule has 1 aliphatic heterocycles. The molecule has 35 heavy (non-hydrogen) atoms. The first-order valence-electron chi connectivity index (χ1n) is 11.6. The van der Waals surface area contributed by atoms with Gasteiger partial charge in [0.25, 0.3) is 11.8 Å². The molecule has 3 heterocycles. The Hall–Kier alpha value is -3.43. The number of pyridine rings is 1. The Balaban J connectivity index is 1.51. The zero-order valence-corrected chi connectivity index (χ0v) is 20.1. The fourth-order valence-electron chi connectivity index (χ4n) is 4.16. The van der Waals surface area contributed by atoms with Crippen molar-refractivity contribution in [1.29, 1.82) is 0 Å². The normalized spacial score (nSPS) is 14.9. The van der Waals surface area contributed by atoms with Gasteiger partial charge in [0.2, 0.25) is 0 Å². The molecule has 2 amide bonds. The molecule has 1 aromatic carbocycles. The van der Waals surface area contributed by atoms with Gasteiger partial charge in [0, 0.05) is 43.5 Å². The Kier molecular flexibility index (Phi) is 6.57. The zero-order valence-electron chi connectivity index (χ0n) is 20.1. The van der Waals surface area contributed by atoms with Gasteiger partial charge in [-0.25, -0.2) is 9.67 Å². The summed E-state index contributed by atoms with van der Waals surface area (Å²) in [6.07, 6.45) is -2.78. The van der Waals surface area contributed by atoms with Crippen molar-refractivity contribution in [3.05, 3.63) is 58.9 Å². The number of benzene rings is 1. The molecule has 0 spiro atoms. The number of aromatic nitrogens is 3. The van der Waals surface area contributed by atoms with Crippen LogP contribution >= 0.6 is 0 Å². The van der Waals surface area contributed by atoms with Crippen LogP contribution in [0.4, 0.5) is 13.2 Å². The standard InChI is InChI=1S/C25H28F3N5O2/c1-15(2)21-13-19(20-14-29-33(16(3)4)22(20)30-21)24(35)32-11-9-31(10-12-32)23(34)17-5-7-18(8-6-17)25(26,27)28/h5-8,13-16H,9-12H2,1-4H3. The van der Waals surface area contributed by atoms with Crippen molar-refractivity contribution < 1.29 is 22.8 Å². The van der Waals surface area contributed by atoms with E-state index in [1.165, 1.54) is 12.1 Å². The maximum absolute atomic E-state index is 13.5. The van der Waals surface area contributed by atoms with Crippen molar-refractivity contribution in [2.24, 2.45) is 0 Å². The number of piperazine rings is 1. The summed E-state index contributed by atoms with van der Waals surface area (Å²) >= 11 is 0. The molecule has 0 N–H and O–H groups in total. The van der Waals surface area contributed by atoms with E-state index in [2.05, 4.69) is 5.10 Å². The molecular weight excluding hydrogens is 459 g/mol. The van der Waals surface area contributed by atoms with E-state index in [9.17, 15) is 22.8 Å². The number of rotatable bonds is 4. The Morgan fingerprint density at radius 2 is 1.49 bits per heavy atom. The van der Waals surface area contributed by atoms with Crippen LogP contribution in [0.25, 0.3) is 11.0 Å². The maximum Gasteiger partial charge on any atom is 0.416 e. The van der Waals surface area contributed by atoms with Crippen molar-refractivity contribution >= 4 is 22.8 Å². The summed E-state index contributed by atoms with van der Waals surface area (Å²) in [5.41, 5.74) is 1.41. The van der Waals surface area contributed by atoms with Crippen LogP contribution in [0.5, 0.6) is 0 Å². The number of alkyl halides is 3. The van der Waals surface area contributed by atoms with Crippen molar-refractivity contribution in [3.8, 4) is 0 Å². The smallest absolute Gasteiger partial charge is 0.335 e. The first kappa shape index (κ1) is 24.7. The average molecular weight is 488 g/mol. The fourth-order valence-corrected chi connectivity index (χ4v) is 4.16. The number of amides is 2. The van der Waals surface area contributed by atoms with E-state index in [-0.39, 0.29) is 29.3 Å². The highest BCUT2D eigenvalue weighted by Crippen LogP contribution is 2.29. The highest BCUT2D eigenvalue weighted by Gasteiger charge is 2.31. The van der Waals surface area contributed by atoms with E-state index < -0.39 is 11.7 Å². The van der Waals surface area contributed by atoms with Gasteiger partial charge in [-0.3, -0.25) is 9.59 Å². The molecule has 0 aliphatic carbocycles. The summed E-state index contributed by atoms with van der Waals surface area (Å²) < 4.78 is 40.2. The lowest BCUT2D eigenvalue weighted by Crippen LogP contribution is -2.50. The molecule has 186 valence electrons. The summed E-state index contributed by atoms with van der Waals surface area (Å²) in [7, 11) is 0. The molecule has 4 rings (SSSR count). The lowest BCUT2D eigenvalue weighted by molar-refractivity contribution is -0.137. The van der Waals surface area contributed by atoms with Gasteiger partial charge in [-0.15, -0.1) is 0 Å². The summed E-state index contributed by atoms with van der Waals surface area (Å²) in [6, 6.07) is 6.11. The maximum atomic E-state index is 13.5. The number of carbonyl (C=O) groups is 2. The third kappa shape index (κ3) is 4.87. The number of carbonyl (C=O) groups excluding carboxylic acids is 2. The van der Waals surface area contributed by atoms with Gasteiger partial charge in [-0.2, -0.15) is 18.3 Å². The minimum atomic E-state index is -4.45. The summed E-state index contributed by atoms with van der Waals surface area (Å²) in [5, 5.41) is 5.12. The zero-order chi connectivity index (χ0) is 25.5. The van der Waals surface area contributed by atoms with Gasteiger partial charge in [-0.05, 0) is 50.1 Å². The monoisotopic (exact) mass is 487 g/mol. The van der Waals surface area contributed by atoms with Crippen LogP contribution in [0, 0.1) is 0 Å². The van der Waals surface area contributed by atoms with Crippen molar-refractivity contribution in [2.45, 2.75) is 45.8 Å². The Bertz CT molecular complexity index is 1240.